The zero-order valence-electron chi connectivity index (χ0n) is 15.8. The smallest absolute Gasteiger partial charge is 0.159 e. The highest BCUT2D eigenvalue weighted by molar-refractivity contribution is 5.30. The van der Waals surface area contributed by atoms with Crippen LogP contribution in [0.5, 0.6) is 5.75 Å². The van der Waals surface area contributed by atoms with Gasteiger partial charge >= 0.3 is 0 Å². The summed E-state index contributed by atoms with van der Waals surface area (Å²) in [5, 5.41) is 3.46. The van der Waals surface area contributed by atoms with E-state index in [0.717, 1.165) is 31.3 Å². The van der Waals surface area contributed by atoms with E-state index < -0.39 is 0 Å². The van der Waals surface area contributed by atoms with Gasteiger partial charge in [-0.05, 0) is 88.2 Å². The van der Waals surface area contributed by atoms with Gasteiger partial charge in [-0.1, -0.05) is 24.5 Å². The van der Waals surface area contributed by atoms with Gasteiger partial charge in [0, 0.05) is 12.1 Å². The Kier molecular flexibility index (Phi) is 5.82. The minimum absolute atomic E-state index is 0.122. The molecule has 2 unspecified atom stereocenters. The summed E-state index contributed by atoms with van der Waals surface area (Å²) >= 11 is 0. The van der Waals surface area contributed by atoms with Crippen molar-refractivity contribution in [2.45, 2.75) is 69.6 Å². The number of rotatable bonds is 5. The van der Waals surface area contributed by atoms with Crippen LogP contribution in [0.2, 0.25) is 0 Å². The van der Waals surface area contributed by atoms with E-state index in [0.29, 0.717) is 12.0 Å². The van der Waals surface area contributed by atoms with Crippen LogP contribution >= 0.6 is 0 Å². The van der Waals surface area contributed by atoms with Crippen LogP contribution in [0, 0.1) is 18.3 Å². The van der Waals surface area contributed by atoms with Crippen molar-refractivity contribution < 1.29 is 4.74 Å². The number of hydrogen-bond donors (Lipinski definition) is 1. The summed E-state index contributed by atoms with van der Waals surface area (Å²) in [7, 11) is 0. The Hall–Kier alpha value is -1.50. The molecule has 26 heavy (non-hydrogen) atoms. The quantitative estimate of drug-likeness (QED) is 0.806. The molecule has 3 aliphatic rings. The van der Waals surface area contributed by atoms with E-state index in [1.807, 2.05) is 0 Å². The Labute approximate surface area is 158 Å². The van der Waals surface area contributed by atoms with E-state index in [-0.39, 0.29) is 6.10 Å². The number of hydrogen-bond acceptors (Lipinski definition) is 3. The molecule has 0 aliphatic carbocycles. The molecule has 1 aromatic rings. The fraction of sp³-hybridized carbons (Fsp3) is 0.652. The summed E-state index contributed by atoms with van der Waals surface area (Å²) in [4.78, 5) is 2.74. The summed E-state index contributed by atoms with van der Waals surface area (Å²) in [6.07, 6.45) is 15.9. The Morgan fingerprint density at radius 3 is 2.77 bits per heavy atom. The zero-order chi connectivity index (χ0) is 17.8. The molecule has 3 nitrogen and oxygen atoms in total. The van der Waals surface area contributed by atoms with Crippen molar-refractivity contribution in [3.05, 3.63) is 29.8 Å². The maximum Gasteiger partial charge on any atom is 0.159 e. The lowest BCUT2D eigenvalue weighted by atomic mass is 9.93. The van der Waals surface area contributed by atoms with E-state index in [1.54, 1.807) is 0 Å². The first-order valence-corrected chi connectivity index (χ1v) is 10.5. The summed E-state index contributed by atoms with van der Waals surface area (Å²) in [5.41, 5.74) is 1.44. The third-order valence-electron chi connectivity index (χ3n) is 6.52. The third-order valence-corrected chi connectivity index (χ3v) is 6.52. The summed E-state index contributed by atoms with van der Waals surface area (Å²) in [6.45, 7) is 3.47. The number of piperidine rings is 2. The fourth-order valence-corrected chi connectivity index (χ4v) is 5.13. The molecule has 3 aliphatic heterocycles. The van der Waals surface area contributed by atoms with Crippen molar-refractivity contribution in [1.29, 1.82) is 0 Å². The number of nitrogens with zero attached hydrogens (tertiary/aromatic N) is 1. The zero-order valence-corrected chi connectivity index (χ0v) is 15.8. The average molecular weight is 353 g/mol. The highest BCUT2D eigenvalue weighted by Gasteiger charge is 2.35. The lowest BCUT2D eigenvalue weighted by Crippen LogP contribution is -2.35. The highest BCUT2D eigenvalue weighted by Crippen LogP contribution is 2.40. The van der Waals surface area contributed by atoms with Crippen molar-refractivity contribution in [1.82, 2.24) is 10.2 Å². The molecule has 0 spiro atoms. The van der Waals surface area contributed by atoms with Crippen LogP contribution in [-0.4, -0.2) is 36.7 Å². The van der Waals surface area contributed by atoms with Crippen molar-refractivity contribution in [3.8, 4) is 18.1 Å². The minimum Gasteiger partial charge on any atom is -0.478 e. The van der Waals surface area contributed by atoms with Gasteiger partial charge in [-0.25, -0.2) is 0 Å². The van der Waals surface area contributed by atoms with Crippen molar-refractivity contribution in [2.24, 2.45) is 5.92 Å². The first-order chi connectivity index (χ1) is 12.8. The second-order valence-electron chi connectivity index (χ2n) is 8.27. The number of terminal acetylenes is 1. The highest BCUT2D eigenvalue weighted by atomic mass is 16.5. The third kappa shape index (κ3) is 4.08. The predicted octanol–water partition coefficient (Wildman–Crippen LogP) is 4.15. The van der Waals surface area contributed by atoms with Gasteiger partial charge in [0.15, 0.2) is 6.10 Å². The maximum atomic E-state index is 6.11. The first kappa shape index (κ1) is 17.9. The fourth-order valence-electron chi connectivity index (χ4n) is 5.13. The van der Waals surface area contributed by atoms with Crippen molar-refractivity contribution in [3.63, 3.8) is 0 Å². The van der Waals surface area contributed by atoms with Gasteiger partial charge in [-0.3, -0.25) is 4.90 Å². The molecule has 3 heteroatoms. The second kappa shape index (κ2) is 8.46. The van der Waals surface area contributed by atoms with Crippen LogP contribution in [0.3, 0.4) is 0 Å². The average Bonchev–Trinajstić information content (AvgIpc) is 3.13. The SMILES string of the molecule is C#CC(CC1CCCNC1)Oc1ccc([C@@H]2CC[C@H]3CCCCN32)cc1. The van der Waals surface area contributed by atoms with Gasteiger partial charge in [0.1, 0.15) is 5.75 Å². The molecule has 0 aromatic heterocycles. The summed E-state index contributed by atoms with van der Waals surface area (Å²) in [6, 6.07) is 10.2. The lowest BCUT2D eigenvalue weighted by Gasteiger charge is -2.34. The molecule has 3 heterocycles. The van der Waals surface area contributed by atoms with Crippen LogP contribution in [0.4, 0.5) is 0 Å². The minimum atomic E-state index is -0.122. The molecule has 0 saturated carbocycles. The Morgan fingerprint density at radius 1 is 1.12 bits per heavy atom. The molecule has 4 atom stereocenters. The molecule has 140 valence electrons. The summed E-state index contributed by atoms with van der Waals surface area (Å²) < 4.78 is 6.11. The first-order valence-electron chi connectivity index (χ1n) is 10.5. The molecule has 1 aromatic carbocycles. The largest absolute Gasteiger partial charge is 0.478 e. The Bertz CT molecular complexity index is 614. The molecule has 0 bridgehead atoms. The lowest BCUT2D eigenvalue weighted by molar-refractivity contribution is 0.150. The molecule has 1 N–H and O–H groups in total. The van der Waals surface area contributed by atoms with Gasteiger partial charge in [-0.2, -0.15) is 0 Å². The van der Waals surface area contributed by atoms with Crippen LogP contribution in [0.25, 0.3) is 0 Å². The maximum absolute atomic E-state index is 6.11. The predicted molar refractivity (Wildman–Crippen MR) is 106 cm³/mol. The van der Waals surface area contributed by atoms with E-state index in [1.165, 1.54) is 57.1 Å². The number of benzene rings is 1. The van der Waals surface area contributed by atoms with Crippen molar-refractivity contribution >= 4 is 0 Å². The monoisotopic (exact) mass is 352 g/mol. The van der Waals surface area contributed by atoms with Crippen LogP contribution in [0.1, 0.15) is 63.0 Å². The van der Waals surface area contributed by atoms with Gasteiger partial charge in [0.25, 0.3) is 0 Å². The van der Waals surface area contributed by atoms with Crippen molar-refractivity contribution in [2.75, 3.05) is 19.6 Å². The molecular formula is C23H32N2O. The van der Waals surface area contributed by atoms with Crippen LogP contribution in [0.15, 0.2) is 24.3 Å². The second-order valence-corrected chi connectivity index (χ2v) is 8.27. The van der Waals surface area contributed by atoms with Gasteiger partial charge in [0.2, 0.25) is 0 Å². The molecule has 0 amide bonds. The van der Waals surface area contributed by atoms with Crippen LogP contribution < -0.4 is 10.1 Å². The summed E-state index contributed by atoms with van der Waals surface area (Å²) in [5.74, 6) is 4.39. The molecule has 0 radical (unpaired) electrons. The van der Waals surface area contributed by atoms with E-state index in [4.69, 9.17) is 11.2 Å². The van der Waals surface area contributed by atoms with Crippen LogP contribution in [-0.2, 0) is 0 Å². The molecule has 3 fully saturated rings. The van der Waals surface area contributed by atoms with Gasteiger partial charge in [0.05, 0.1) is 0 Å². The molecular weight excluding hydrogens is 320 g/mol. The molecule has 4 rings (SSSR count). The normalized spacial score (nSPS) is 30.3. The Morgan fingerprint density at radius 2 is 2.00 bits per heavy atom. The van der Waals surface area contributed by atoms with E-state index in [9.17, 15) is 0 Å². The number of ether oxygens (including phenoxy) is 1. The van der Waals surface area contributed by atoms with Gasteiger partial charge in [-0.15, -0.1) is 6.42 Å². The van der Waals surface area contributed by atoms with E-state index in [2.05, 4.69) is 40.4 Å². The standard InChI is InChI=1S/C23H32N2O/c1-2-21(16-18-6-5-14-24-17-18)26-22-11-8-19(9-12-22)23-13-10-20-7-3-4-15-25(20)23/h1,8-9,11-12,18,20-21,23-24H,3-7,10,13-17H2/t18?,20-,21?,23+/m1/s1. The number of fused-ring (bicyclic) bond motifs is 1. The topological polar surface area (TPSA) is 24.5 Å². The molecule has 3 saturated heterocycles. The van der Waals surface area contributed by atoms with E-state index >= 15 is 0 Å². The Balaban J connectivity index is 1.35. The number of nitrogens with one attached hydrogen (secondary N) is 1. The van der Waals surface area contributed by atoms with Gasteiger partial charge < -0.3 is 10.1 Å².